The van der Waals surface area contributed by atoms with Crippen molar-refractivity contribution < 1.29 is 9.59 Å². The first-order valence-electron chi connectivity index (χ1n) is 10.1. The fraction of sp³-hybridized carbons (Fsp3) is 0.400. The van der Waals surface area contributed by atoms with Gasteiger partial charge >= 0.3 is 0 Å². The Labute approximate surface area is 189 Å². The van der Waals surface area contributed by atoms with Gasteiger partial charge in [0, 0.05) is 18.5 Å². The molecule has 0 bridgehead atoms. The standard InChI is InChI=1S/C20H25N7O2S2/c1-4-9-16-23-25-19(31-16)22-15(28)12-30-20-26-24-17(27(20)5-2)13(3)21-18(29)14-10-7-6-8-11-14/h6-8,10-11,13H,4-5,9,12H2,1-3H3,(H,21,29)(H,22,25,28). The molecule has 0 saturated heterocycles. The van der Waals surface area contributed by atoms with Gasteiger partial charge in [-0.25, -0.2) is 0 Å². The van der Waals surface area contributed by atoms with Crippen LogP contribution in [-0.2, 0) is 17.8 Å². The van der Waals surface area contributed by atoms with E-state index in [1.54, 1.807) is 12.1 Å². The monoisotopic (exact) mass is 459 g/mol. The Morgan fingerprint density at radius 2 is 1.90 bits per heavy atom. The van der Waals surface area contributed by atoms with E-state index >= 15 is 0 Å². The van der Waals surface area contributed by atoms with E-state index in [0.717, 1.165) is 17.8 Å². The van der Waals surface area contributed by atoms with Crippen LogP contribution in [0.4, 0.5) is 5.13 Å². The molecule has 0 radical (unpaired) electrons. The van der Waals surface area contributed by atoms with Crippen LogP contribution < -0.4 is 10.6 Å². The molecule has 0 aliphatic rings. The van der Waals surface area contributed by atoms with Gasteiger partial charge in [0.05, 0.1) is 11.8 Å². The summed E-state index contributed by atoms with van der Waals surface area (Å²) in [6.07, 6.45) is 1.83. The predicted octanol–water partition coefficient (Wildman–Crippen LogP) is 3.32. The summed E-state index contributed by atoms with van der Waals surface area (Å²) in [7, 11) is 0. The van der Waals surface area contributed by atoms with Crippen molar-refractivity contribution in [2.45, 2.75) is 51.4 Å². The highest BCUT2D eigenvalue weighted by molar-refractivity contribution is 7.99. The van der Waals surface area contributed by atoms with Crippen molar-refractivity contribution in [2.24, 2.45) is 0 Å². The molecule has 31 heavy (non-hydrogen) atoms. The van der Waals surface area contributed by atoms with Gasteiger partial charge in [0.25, 0.3) is 5.91 Å². The average molecular weight is 460 g/mol. The molecular weight excluding hydrogens is 434 g/mol. The van der Waals surface area contributed by atoms with Crippen LogP contribution in [0.5, 0.6) is 0 Å². The van der Waals surface area contributed by atoms with E-state index < -0.39 is 0 Å². The van der Waals surface area contributed by atoms with Crippen LogP contribution in [0.3, 0.4) is 0 Å². The smallest absolute Gasteiger partial charge is 0.251 e. The Morgan fingerprint density at radius 3 is 2.61 bits per heavy atom. The second kappa shape index (κ2) is 11.0. The Hall–Kier alpha value is -2.79. The lowest BCUT2D eigenvalue weighted by Crippen LogP contribution is -2.28. The van der Waals surface area contributed by atoms with E-state index in [-0.39, 0.29) is 23.6 Å². The van der Waals surface area contributed by atoms with Gasteiger partial charge in [0.2, 0.25) is 11.0 Å². The van der Waals surface area contributed by atoms with E-state index in [9.17, 15) is 9.59 Å². The molecule has 0 aliphatic heterocycles. The summed E-state index contributed by atoms with van der Waals surface area (Å²) in [5, 5.41) is 24.3. The molecule has 2 N–H and O–H groups in total. The first-order chi connectivity index (χ1) is 15.0. The number of nitrogens with zero attached hydrogens (tertiary/aromatic N) is 5. The highest BCUT2D eigenvalue weighted by atomic mass is 32.2. The number of thioether (sulfide) groups is 1. The largest absolute Gasteiger partial charge is 0.342 e. The molecule has 9 nitrogen and oxygen atoms in total. The first-order valence-corrected chi connectivity index (χ1v) is 11.9. The number of nitrogens with one attached hydrogen (secondary N) is 2. The van der Waals surface area contributed by atoms with Crippen LogP contribution in [0.25, 0.3) is 0 Å². The molecule has 2 heterocycles. The number of rotatable bonds is 10. The van der Waals surface area contributed by atoms with Gasteiger partial charge < -0.3 is 9.88 Å². The Bertz CT molecular complexity index is 1020. The Morgan fingerprint density at radius 1 is 1.13 bits per heavy atom. The fourth-order valence-corrected chi connectivity index (χ4v) is 4.53. The van der Waals surface area contributed by atoms with Crippen molar-refractivity contribution in [1.82, 2.24) is 30.3 Å². The van der Waals surface area contributed by atoms with Crippen molar-refractivity contribution in [3.05, 3.63) is 46.7 Å². The van der Waals surface area contributed by atoms with Gasteiger partial charge in [-0.15, -0.1) is 20.4 Å². The van der Waals surface area contributed by atoms with Gasteiger partial charge in [-0.1, -0.05) is 48.2 Å². The zero-order chi connectivity index (χ0) is 22.2. The third-order valence-electron chi connectivity index (χ3n) is 4.34. The SMILES string of the molecule is CCCc1nnc(NC(=O)CSc2nnc(C(C)NC(=O)c3ccccc3)n2CC)s1. The second-order valence-electron chi connectivity index (χ2n) is 6.73. The van der Waals surface area contributed by atoms with Crippen molar-refractivity contribution in [1.29, 1.82) is 0 Å². The van der Waals surface area contributed by atoms with E-state index in [0.29, 0.717) is 28.2 Å². The molecule has 2 aromatic heterocycles. The molecule has 0 aliphatic carbocycles. The average Bonchev–Trinajstić information content (AvgIpc) is 3.39. The van der Waals surface area contributed by atoms with Gasteiger partial charge in [-0.2, -0.15) is 0 Å². The van der Waals surface area contributed by atoms with E-state index in [4.69, 9.17) is 0 Å². The molecule has 0 spiro atoms. The molecule has 3 aromatic rings. The Balaban J connectivity index is 1.58. The van der Waals surface area contributed by atoms with Crippen molar-refractivity contribution in [2.75, 3.05) is 11.1 Å². The molecular formula is C20H25N7O2S2. The third kappa shape index (κ3) is 6.11. The number of carbonyl (C=O) groups excluding carboxylic acids is 2. The summed E-state index contributed by atoms with van der Waals surface area (Å²) in [5.74, 6) is 0.461. The van der Waals surface area contributed by atoms with Gasteiger partial charge in [0.15, 0.2) is 11.0 Å². The molecule has 1 aromatic carbocycles. The molecule has 0 fully saturated rings. The minimum Gasteiger partial charge on any atom is -0.342 e. The number of aromatic nitrogens is 5. The minimum atomic E-state index is -0.332. The third-order valence-corrected chi connectivity index (χ3v) is 6.21. The van der Waals surface area contributed by atoms with Crippen LogP contribution in [0.1, 0.15) is 54.4 Å². The number of benzene rings is 1. The summed E-state index contributed by atoms with van der Waals surface area (Å²) < 4.78 is 1.90. The normalized spacial score (nSPS) is 11.8. The summed E-state index contributed by atoms with van der Waals surface area (Å²) >= 11 is 2.68. The molecule has 2 amide bonds. The minimum absolute atomic E-state index is 0.172. The maximum absolute atomic E-state index is 12.4. The summed E-state index contributed by atoms with van der Waals surface area (Å²) in [4.78, 5) is 24.7. The maximum Gasteiger partial charge on any atom is 0.251 e. The van der Waals surface area contributed by atoms with Gasteiger partial charge in [-0.05, 0) is 32.4 Å². The number of amides is 2. The van der Waals surface area contributed by atoms with Gasteiger partial charge in [-0.3, -0.25) is 14.9 Å². The molecule has 11 heteroatoms. The lowest BCUT2D eigenvalue weighted by molar-refractivity contribution is -0.113. The predicted molar refractivity (Wildman–Crippen MR) is 121 cm³/mol. The zero-order valence-electron chi connectivity index (χ0n) is 17.7. The molecule has 1 atom stereocenters. The summed E-state index contributed by atoms with van der Waals surface area (Å²) in [5.41, 5.74) is 0.585. The quantitative estimate of drug-likeness (QED) is 0.447. The van der Waals surface area contributed by atoms with Crippen molar-refractivity contribution in [3.8, 4) is 0 Å². The second-order valence-corrected chi connectivity index (χ2v) is 8.74. The van der Waals surface area contributed by atoms with Crippen LogP contribution in [0.15, 0.2) is 35.5 Å². The van der Waals surface area contributed by atoms with Crippen LogP contribution >= 0.6 is 23.1 Å². The van der Waals surface area contributed by atoms with E-state index in [1.165, 1.54) is 23.1 Å². The number of carbonyl (C=O) groups is 2. The number of aryl methyl sites for hydroxylation is 1. The summed E-state index contributed by atoms with van der Waals surface area (Å²) in [6.45, 7) is 6.53. The topological polar surface area (TPSA) is 115 Å². The van der Waals surface area contributed by atoms with E-state index in [1.807, 2.05) is 36.6 Å². The highest BCUT2D eigenvalue weighted by Gasteiger charge is 2.20. The lowest BCUT2D eigenvalue weighted by Gasteiger charge is -2.15. The summed E-state index contributed by atoms with van der Waals surface area (Å²) in [6, 6.07) is 8.69. The van der Waals surface area contributed by atoms with Crippen LogP contribution in [0, 0.1) is 0 Å². The van der Waals surface area contributed by atoms with E-state index in [2.05, 4.69) is 38.0 Å². The highest BCUT2D eigenvalue weighted by Crippen LogP contribution is 2.22. The number of hydrogen-bond acceptors (Lipinski definition) is 8. The van der Waals surface area contributed by atoms with Crippen molar-refractivity contribution in [3.63, 3.8) is 0 Å². The van der Waals surface area contributed by atoms with Crippen LogP contribution in [0.2, 0.25) is 0 Å². The lowest BCUT2D eigenvalue weighted by atomic mass is 10.2. The maximum atomic E-state index is 12.4. The number of anilines is 1. The number of hydrogen-bond donors (Lipinski definition) is 2. The molecule has 0 saturated carbocycles. The molecule has 3 rings (SSSR count). The molecule has 164 valence electrons. The molecule has 1 unspecified atom stereocenters. The zero-order valence-corrected chi connectivity index (χ0v) is 19.3. The fourth-order valence-electron chi connectivity index (χ4n) is 2.86. The van der Waals surface area contributed by atoms with Gasteiger partial charge in [0.1, 0.15) is 5.01 Å². The van der Waals surface area contributed by atoms with Crippen molar-refractivity contribution >= 4 is 40.0 Å². The first kappa shape index (κ1) is 22.9. The Kier molecular flexibility index (Phi) is 8.13. The van der Waals surface area contributed by atoms with Crippen LogP contribution in [-0.4, -0.2) is 42.5 Å².